The lowest BCUT2D eigenvalue weighted by Crippen LogP contribution is -2.53. The molecule has 2 heteroatoms. The zero-order valence-corrected chi connectivity index (χ0v) is 11.6. The van der Waals surface area contributed by atoms with Crippen LogP contribution in [0.25, 0.3) is 0 Å². The molecule has 1 aromatic rings. The first-order valence-corrected chi connectivity index (χ1v) is 8.21. The van der Waals surface area contributed by atoms with Crippen molar-refractivity contribution < 1.29 is 0 Å². The van der Waals surface area contributed by atoms with E-state index in [4.69, 9.17) is 0 Å². The second-order valence-corrected chi connectivity index (χ2v) is 7.79. The van der Waals surface area contributed by atoms with Crippen LogP contribution in [-0.4, -0.2) is 11.1 Å². The predicted molar refractivity (Wildman–Crippen MR) is 75.8 cm³/mol. The molecule has 1 atom stereocenters. The van der Waals surface area contributed by atoms with E-state index in [0.29, 0.717) is 11.5 Å². The lowest BCUT2D eigenvalue weighted by molar-refractivity contribution is -0.0781. The molecular weight excluding hydrogens is 232 g/mol. The molecule has 4 aliphatic carbocycles. The standard InChI is InChI=1S/C17H24N2/c1-2-15-16(18-3-5-19(15)4-1)17-9-12-6-13(10-17)8-14(7-12)11-17/h1-2,4,12-14,16,18H,3,5-11H2. The number of nitrogens with zero attached hydrogens (tertiary/aromatic N) is 1. The maximum Gasteiger partial charge on any atom is 0.0532 e. The van der Waals surface area contributed by atoms with Crippen LogP contribution in [0.5, 0.6) is 0 Å². The third kappa shape index (κ3) is 1.47. The van der Waals surface area contributed by atoms with Crippen LogP contribution in [0.1, 0.15) is 50.3 Å². The Balaban J connectivity index is 1.57. The monoisotopic (exact) mass is 256 g/mol. The summed E-state index contributed by atoms with van der Waals surface area (Å²) < 4.78 is 2.50. The van der Waals surface area contributed by atoms with Gasteiger partial charge in [-0.3, -0.25) is 0 Å². The quantitative estimate of drug-likeness (QED) is 0.815. The van der Waals surface area contributed by atoms with Crippen LogP contribution in [0.15, 0.2) is 18.3 Å². The van der Waals surface area contributed by atoms with Crippen LogP contribution in [0.4, 0.5) is 0 Å². The number of rotatable bonds is 1. The average Bonchev–Trinajstić information content (AvgIpc) is 2.84. The third-order valence-electron chi connectivity index (χ3n) is 6.56. The number of aromatic nitrogens is 1. The van der Waals surface area contributed by atoms with Crippen molar-refractivity contribution in [3.63, 3.8) is 0 Å². The van der Waals surface area contributed by atoms with Gasteiger partial charge in [0.25, 0.3) is 0 Å². The number of nitrogens with one attached hydrogen (secondary N) is 1. The molecule has 0 spiro atoms. The van der Waals surface area contributed by atoms with E-state index in [2.05, 4.69) is 28.2 Å². The van der Waals surface area contributed by atoms with Gasteiger partial charge in [0, 0.05) is 25.0 Å². The average molecular weight is 256 g/mol. The van der Waals surface area contributed by atoms with Gasteiger partial charge in [-0.1, -0.05) is 0 Å². The fraction of sp³-hybridized carbons (Fsp3) is 0.765. The summed E-state index contributed by atoms with van der Waals surface area (Å²) >= 11 is 0. The molecule has 2 heterocycles. The summed E-state index contributed by atoms with van der Waals surface area (Å²) in [5.74, 6) is 3.16. The molecule has 0 amide bonds. The Bertz CT molecular complexity index is 466. The Hall–Kier alpha value is -0.760. The largest absolute Gasteiger partial charge is 0.349 e. The van der Waals surface area contributed by atoms with Gasteiger partial charge < -0.3 is 9.88 Å². The molecule has 1 aromatic heterocycles. The first-order valence-electron chi connectivity index (χ1n) is 8.21. The fourth-order valence-electron chi connectivity index (χ4n) is 6.39. The highest BCUT2D eigenvalue weighted by molar-refractivity contribution is 5.20. The van der Waals surface area contributed by atoms with Crippen molar-refractivity contribution in [3.8, 4) is 0 Å². The summed E-state index contributed by atoms with van der Waals surface area (Å²) in [7, 11) is 0. The van der Waals surface area contributed by atoms with E-state index < -0.39 is 0 Å². The molecule has 6 rings (SSSR count). The molecule has 5 aliphatic rings. The topological polar surface area (TPSA) is 17.0 Å². The van der Waals surface area contributed by atoms with Gasteiger partial charge in [0.05, 0.1) is 6.04 Å². The van der Waals surface area contributed by atoms with Crippen LogP contribution >= 0.6 is 0 Å². The van der Waals surface area contributed by atoms with Crippen molar-refractivity contribution in [2.24, 2.45) is 23.2 Å². The summed E-state index contributed by atoms with van der Waals surface area (Å²) in [6, 6.07) is 5.26. The van der Waals surface area contributed by atoms with Gasteiger partial charge in [-0.2, -0.15) is 0 Å². The van der Waals surface area contributed by atoms with Crippen molar-refractivity contribution in [2.75, 3.05) is 6.54 Å². The van der Waals surface area contributed by atoms with Gasteiger partial charge in [-0.15, -0.1) is 0 Å². The molecule has 102 valence electrons. The van der Waals surface area contributed by atoms with E-state index in [0.717, 1.165) is 30.8 Å². The van der Waals surface area contributed by atoms with Gasteiger partial charge in [0.15, 0.2) is 0 Å². The Labute approximate surface area is 115 Å². The van der Waals surface area contributed by atoms with E-state index in [-0.39, 0.29) is 0 Å². The summed E-state index contributed by atoms with van der Waals surface area (Å²) in [5, 5.41) is 3.90. The molecule has 0 radical (unpaired) electrons. The van der Waals surface area contributed by atoms with E-state index in [1.807, 2.05) is 0 Å². The van der Waals surface area contributed by atoms with Crippen LogP contribution in [0, 0.1) is 23.2 Å². The molecule has 4 saturated carbocycles. The van der Waals surface area contributed by atoms with Crippen molar-refractivity contribution >= 4 is 0 Å². The van der Waals surface area contributed by atoms with Crippen molar-refractivity contribution in [2.45, 2.75) is 51.1 Å². The number of hydrogen-bond donors (Lipinski definition) is 1. The van der Waals surface area contributed by atoms with Crippen molar-refractivity contribution in [1.29, 1.82) is 0 Å². The molecule has 4 bridgehead atoms. The Morgan fingerprint density at radius 3 is 2.42 bits per heavy atom. The Morgan fingerprint density at radius 2 is 1.74 bits per heavy atom. The molecule has 19 heavy (non-hydrogen) atoms. The smallest absolute Gasteiger partial charge is 0.0532 e. The lowest BCUT2D eigenvalue weighted by Gasteiger charge is -2.60. The first kappa shape index (κ1) is 11.0. The minimum absolute atomic E-state index is 0.602. The second kappa shape index (κ2) is 3.66. The van der Waals surface area contributed by atoms with Crippen LogP contribution in [0.3, 0.4) is 0 Å². The molecule has 0 aromatic carbocycles. The normalized spacial score (nSPS) is 47.4. The highest BCUT2D eigenvalue weighted by Crippen LogP contribution is 2.64. The van der Waals surface area contributed by atoms with Crippen molar-refractivity contribution in [3.05, 3.63) is 24.0 Å². The van der Waals surface area contributed by atoms with Gasteiger partial charge in [-0.25, -0.2) is 0 Å². The molecule has 2 nitrogen and oxygen atoms in total. The van der Waals surface area contributed by atoms with Gasteiger partial charge in [0.2, 0.25) is 0 Å². The molecule has 0 saturated heterocycles. The molecule has 4 fully saturated rings. The highest BCUT2D eigenvalue weighted by atomic mass is 15.1. The lowest BCUT2D eigenvalue weighted by atomic mass is 9.47. The summed E-state index contributed by atoms with van der Waals surface area (Å²) in [6.07, 6.45) is 11.4. The van der Waals surface area contributed by atoms with Gasteiger partial charge >= 0.3 is 0 Å². The maximum atomic E-state index is 3.90. The molecule has 1 N–H and O–H groups in total. The maximum absolute atomic E-state index is 3.90. The fourth-order valence-corrected chi connectivity index (χ4v) is 6.39. The Morgan fingerprint density at radius 1 is 1.05 bits per heavy atom. The minimum Gasteiger partial charge on any atom is -0.349 e. The summed E-state index contributed by atoms with van der Waals surface area (Å²) in [4.78, 5) is 0. The van der Waals surface area contributed by atoms with Crippen LogP contribution < -0.4 is 5.32 Å². The zero-order valence-electron chi connectivity index (χ0n) is 11.6. The van der Waals surface area contributed by atoms with Gasteiger partial charge in [-0.05, 0) is 73.8 Å². The second-order valence-electron chi connectivity index (χ2n) is 7.79. The first-order chi connectivity index (χ1) is 9.32. The number of fused-ring (bicyclic) bond motifs is 1. The molecular formula is C17H24N2. The Kier molecular flexibility index (Phi) is 2.11. The number of hydrogen-bond acceptors (Lipinski definition) is 1. The zero-order chi connectivity index (χ0) is 12.4. The predicted octanol–water partition coefficient (Wildman–Crippen LogP) is 3.35. The van der Waals surface area contributed by atoms with Crippen molar-refractivity contribution in [1.82, 2.24) is 9.88 Å². The van der Waals surface area contributed by atoms with E-state index in [1.54, 1.807) is 25.0 Å². The van der Waals surface area contributed by atoms with E-state index >= 15 is 0 Å². The highest BCUT2D eigenvalue weighted by Gasteiger charge is 2.55. The molecule has 1 unspecified atom stereocenters. The SMILES string of the molecule is c1cc2n(c1)CCNC2C12CC3CC(CC(C3)C1)C2. The molecule has 1 aliphatic heterocycles. The van der Waals surface area contributed by atoms with Crippen LogP contribution in [0.2, 0.25) is 0 Å². The van der Waals surface area contributed by atoms with E-state index in [1.165, 1.54) is 19.3 Å². The minimum atomic E-state index is 0.602. The van der Waals surface area contributed by atoms with Crippen LogP contribution in [-0.2, 0) is 6.54 Å². The summed E-state index contributed by atoms with van der Waals surface area (Å²) in [5.41, 5.74) is 2.18. The summed E-state index contributed by atoms with van der Waals surface area (Å²) in [6.45, 7) is 2.32. The van der Waals surface area contributed by atoms with Gasteiger partial charge in [0.1, 0.15) is 0 Å². The van der Waals surface area contributed by atoms with E-state index in [9.17, 15) is 0 Å². The third-order valence-corrected chi connectivity index (χ3v) is 6.56.